The van der Waals surface area contributed by atoms with Crippen LogP contribution in [0.5, 0.6) is 0 Å². The molecule has 4 aromatic heterocycles. The van der Waals surface area contributed by atoms with Gasteiger partial charge in [-0.2, -0.15) is 0 Å². The van der Waals surface area contributed by atoms with Crippen molar-refractivity contribution < 1.29 is 0 Å². The smallest absolute Gasteiger partial charge is 0.0562 e. The molecular formula is C54H33N3S. The van der Waals surface area contributed by atoms with Gasteiger partial charge < -0.3 is 13.7 Å². The molecule has 0 saturated carbocycles. The van der Waals surface area contributed by atoms with Gasteiger partial charge in [-0.3, -0.25) is 0 Å². The van der Waals surface area contributed by atoms with Gasteiger partial charge in [0.2, 0.25) is 0 Å². The summed E-state index contributed by atoms with van der Waals surface area (Å²) in [4.78, 5) is 0. The SMILES string of the molecule is c1ccc(-c2ccc(-n3c4ccccc4c4ccc(-n5c6ccccc6c6cc(-n7c8ccccc8c8ccccc87)ccc65)cc43)c3c2sc2ccccc23)cc1. The Bertz CT molecular complexity index is 3750. The van der Waals surface area contributed by atoms with Crippen LogP contribution in [0.1, 0.15) is 0 Å². The molecule has 0 spiro atoms. The highest BCUT2D eigenvalue weighted by atomic mass is 32.1. The van der Waals surface area contributed by atoms with E-state index in [0.29, 0.717) is 0 Å². The lowest BCUT2D eigenvalue weighted by atomic mass is 10.0. The summed E-state index contributed by atoms with van der Waals surface area (Å²) in [6.07, 6.45) is 0. The average Bonchev–Trinajstić information content (AvgIpc) is 4.03. The van der Waals surface area contributed by atoms with Crippen LogP contribution in [0.3, 0.4) is 0 Å². The highest BCUT2D eigenvalue weighted by Crippen LogP contribution is 2.46. The summed E-state index contributed by atoms with van der Waals surface area (Å²) in [5, 5.41) is 10.1. The maximum Gasteiger partial charge on any atom is 0.0562 e. The third kappa shape index (κ3) is 4.38. The number of hydrogen-bond acceptors (Lipinski definition) is 1. The number of para-hydroxylation sites is 4. The second kappa shape index (κ2) is 12.1. The van der Waals surface area contributed by atoms with Crippen molar-refractivity contribution in [3.8, 4) is 28.2 Å². The minimum Gasteiger partial charge on any atom is -0.309 e. The second-order valence-electron chi connectivity index (χ2n) is 15.3. The minimum atomic E-state index is 1.14. The molecule has 58 heavy (non-hydrogen) atoms. The highest BCUT2D eigenvalue weighted by molar-refractivity contribution is 7.26. The fourth-order valence-corrected chi connectivity index (χ4v) is 11.0. The monoisotopic (exact) mass is 755 g/mol. The molecule has 0 amide bonds. The van der Waals surface area contributed by atoms with Gasteiger partial charge in [0.05, 0.1) is 38.8 Å². The zero-order valence-corrected chi connectivity index (χ0v) is 32.1. The van der Waals surface area contributed by atoms with Crippen molar-refractivity contribution in [3.05, 3.63) is 200 Å². The molecular weight excluding hydrogens is 723 g/mol. The van der Waals surface area contributed by atoms with Gasteiger partial charge in [0, 0.05) is 63.9 Å². The van der Waals surface area contributed by atoms with Crippen LogP contribution < -0.4 is 0 Å². The largest absolute Gasteiger partial charge is 0.309 e. The van der Waals surface area contributed by atoms with Crippen LogP contribution >= 0.6 is 11.3 Å². The summed E-state index contributed by atoms with van der Waals surface area (Å²) in [7, 11) is 0. The Morgan fingerprint density at radius 3 is 1.45 bits per heavy atom. The fraction of sp³-hybridized carbons (Fsp3) is 0. The third-order valence-electron chi connectivity index (χ3n) is 12.2. The number of fused-ring (bicyclic) bond motifs is 12. The van der Waals surface area contributed by atoms with Gasteiger partial charge in [0.15, 0.2) is 0 Å². The van der Waals surface area contributed by atoms with Gasteiger partial charge in [-0.15, -0.1) is 11.3 Å². The Morgan fingerprint density at radius 1 is 0.310 bits per heavy atom. The standard InChI is InChI=1S/C54H33N3S/c1-2-14-34(15-3-1)37-29-31-50(53-43-20-8-13-25-52(43)58-54(37)53)57-48-24-12-6-18-40(48)42-28-26-36(33-51(42)57)56-47-23-11-7-19-41(47)44-32-35(27-30-49(44)56)55-45-21-9-4-16-38(45)39-17-5-10-22-46(39)55/h1-33H. The summed E-state index contributed by atoms with van der Waals surface area (Å²) in [5.74, 6) is 0. The topological polar surface area (TPSA) is 14.8 Å². The van der Waals surface area contributed by atoms with E-state index in [9.17, 15) is 0 Å². The first-order valence-electron chi connectivity index (χ1n) is 19.9. The van der Waals surface area contributed by atoms with E-state index in [1.54, 1.807) is 0 Å². The average molecular weight is 756 g/mol. The van der Waals surface area contributed by atoms with Crippen molar-refractivity contribution in [3.63, 3.8) is 0 Å². The zero-order valence-electron chi connectivity index (χ0n) is 31.3. The Morgan fingerprint density at radius 2 is 0.793 bits per heavy atom. The van der Waals surface area contributed by atoms with Crippen molar-refractivity contribution in [2.24, 2.45) is 0 Å². The first-order chi connectivity index (χ1) is 28.8. The van der Waals surface area contributed by atoms with Crippen molar-refractivity contribution in [1.82, 2.24) is 13.7 Å². The summed E-state index contributed by atoms with van der Waals surface area (Å²) >= 11 is 1.89. The maximum atomic E-state index is 2.51. The number of rotatable bonds is 4. The van der Waals surface area contributed by atoms with Crippen LogP contribution in [0.15, 0.2) is 200 Å². The molecule has 0 aliphatic carbocycles. The second-order valence-corrected chi connectivity index (χ2v) is 16.3. The molecule has 0 atom stereocenters. The summed E-state index contributed by atoms with van der Waals surface area (Å²) in [6.45, 7) is 0. The normalized spacial score (nSPS) is 12.1. The molecule has 0 fully saturated rings. The van der Waals surface area contributed by atoms with E-state index < -0.39 is 0 Å². The van der Waals surface area contributed by atoms with Crippen LogP contribution in [0.2, 0.25) is 0 Å². The predicted molar refractivity (Wildman–Crippen MR) is 248 cm³/mol. The van der Waals surface area contributed by atoms with E-state index in [1.165, 1.54) is 102 Å². The molecule has 13 rings (SSSR count). The molecule has 0 aliphatic heterocycles. The van der Waals surface area contributed by atoms with Crippen molar-refractivity contribution >= 4 is 96.9 Å². The molecule has 0 saturated heterocycles. The molecule has 0 N–H and O–H groups in total. The van der Waals surface area contributed by atoms with E-state index >= 15 is 0 Å². The summed E-state index contributed by atoms with van der Waals surface area (Å²) in [6, 6.07) is 73.6. The zero-order chi connectivity index (χ0) is 37.9. The molecule has 0 bridgehead atoms. The van der Waals surface area contributed by atoms with Gasteiger partial charge in [-0.05, 0) is 77.9 Å². The fourth-order valence-electron chi connectivity index (χ4n) is 9.78. The van der Waals surface area contributed by atoms with Crippen LogP contribution in [-0.2, 0) is 0 Å². The lowest BCUT2D eigenvalue weighted by Crippen LogP contribution is -1.98. The van der Waals surface area contributed by atoms with Gasteiger partial charge in [-0.25, -0.2) is 0 Å². The lowest BCUT2D eigenvalue weighted by Gasteiger charge is -2.14. The van der Waals surface area contributed by atoms with Crippen LogP contribution in [0, 0.1) is 0 Å². The first-order valence-corrected chi connectivity index (χ1v) is 20.7. The van der Waals surface area contributed by atoms with Crippen molar-refractivity contribution in [2.45, 2.75) is 0 Å². The number of benzene rings is 9. The molecule has 3 nitrogen and oxygen atoms in total. The van der Waals surface area contributed by atoms with Gasteiger partial charge in [-0.1, -0.05) is 133 Å². The molecule has 270 valence electrons. The molecule has 9 aromatic carbocycles. The maximum absolute atomic E-state index is 2.51. The van der Waals surface area contributed by atoms with E-state index in [-0.39, 0.29) is 0 Å². The predicted octanol–water partition coefficient (Wildman–Crippen LogP) is 15.0. The molecule has 13 aromatic rings. The Labute approximate surface area is 337 Å². The van der Waals surface area contributed by atoms with Crippen LogP contribution in [0.4, 0.5) is 0 Å². The number of hydrogen-bond donors (Lipinski definition) is 0. The van der Waals surface area contributed by atoms with Gasteiger partial charge >= 0.3 is 0 Å². The summed E-state index contributed by atoms with van der Waals surface area (Å²) < 4.78 is 10.00. The van der Waals surface area contributed by atoms with E-state index in [4.69, 9.17) is 0 Å². The molecule has 0 radical (unpaired) electrons. The number of aromatic nitrogens is 3. The molecule has 4 heteroatoms. The minimum absolute atomic E-state index is 1.14. The Hall–Kier alpha value is -7.40. The number of thiophene rings is 1. The number of nitrogens with zero attached hydrogens (tertiary/aromatic N) is 3. The van der Waals surface area contributed by atoms with Crippen LogP contribution in [-0.4, -0.2) is 13.7 Å². The highest BCUT2D eigenvalue weighted by Gasteiger charge is 2.21. The summed E-state index contributed by atoms with van der Waals surface area (Å²) in [5.41, 5.74) is 13.2. The Balaban J connectivity index is 1.08. The third-order valence-corrected chi connectivity index (χ3v) is 13.4. The van der Waals surface area contributed by atoms with E-state index in [1.807, 2.05) is 11.3 Å². The molecule has 0 aliphatic rings. The van der Waals surface area contributed by atoms with Gasteiger partial charge in [0.25, 0.3) is 0 Å². The lowest BCUT2D eigenvalue weighted by molar-refractivity contribution is 1.16. The van der Waals surface area contributed by atoms with Crippen molar-refractivity contribution in [2.75, 3.05) is 0 Å². The van der Waals surface area contributed by atoms with Crippen molar-refractivity contribution in [1.29, 1.82) is 0 Å². The van der Waals surface area contributed by atoms with Gasteiger partial charge in [0.1, 0.15) is 0 Å². The van der Waals surface area contributed by atoms with E-state index in [2.05, 4.69) is 214 Å². The van der Waals surface area contributed by atoms with E-state index in [0.717, 1.165) is 11.4 Å². The van der Waals surface area contributed by atoms with Crippen LogP contribution in [0.25, 0.3) is 114 Å². The molecule has 4 heterocycles. The Kier molecular flexibility index (Phi) is 6.60. The molecule has 0 unspecified atom stereocenters. The first kappa shape index (κ1) is 31.8. The quantitative estimate of drug-likeness (QED) is 0.170.